The zero-order valence-electron chi connectivity index (χ0n) is 22.4. The van der Waals surface area contributed by atoms with Crippen molar-refractivity contribution >= 4 is 29.4 Å². The number of anilines is 1. The molecule has 11 heteroatoms. The van der Waals surface area contributed by atoms with Crippen molar-refractivity contribution in [2.75, 3.05) is 38.8 Å². The first-order chi connectivity index (χ1) is 19.4. The predicted molar refractivity (Wildman–Crippen MR) is 150 cm³/mol. The number of benzene rings is 2. The number of nitrogens with one attached hydrogen (secondary N) is 2. The van der Waals surface area contributed by atoms with E-state index in [9.17, 15) is 14.7 Å². The summed E-state index contributed by atoms with van der Waals surface area (Å²) in [6.45, 7) is 2.82. The quantitative estimate of drug-likeness (QED) is 0.358. The van der Waals surface area contributed by atoms with E-state index in [0.29, 0.717) is 52.3 Å². The van der Waals surface area contributed by atoms with Crippen molar-refractivity contribution in [3.8, 4) is 17.0 Å². The lowest BCUT2D eigenvalue weighted by Gasteiger charge is -2.23. The summed E-state index contributed by atoms with van der Waals surface area (Å²) >= 11 is 6.47. The Morgan fingerprint density at radius 2 is 2.05 bits per heavy atom. The molecule has 2 aliphatic heterocycles. The Morgan fingerprint density at radius 1 is 1.25 bits per heavy atom. The van der Waals surface area contributed by atoms with Gasteiger partial charge in [0.15, 0.2) is 0 Å². The van der Waals surface area contributed by atoms with E-state index < -0.39 is 6.04 Å². The summed E-state index contributed by atoms with van der Waals surface area (Å²) in [5.74, 6) is 0.458. The Labute approximate surface area is 237 Å². The number of halogens is 1. The molecule has 40 heavy (non-hydrogen) atoms. The molecular formula is C29H32ClN5O5. The predicted octanol–water partition coefficient (Wildman–Crippen LogP) is 3.76. The van der Waals surface area contributed by atoms with Crippen LogP contribution in [0.1, 0.15) is 53.3 Å². The van der Waals surface area contributed by atoms with Crippen LogP contribution in [-0.4, -0.2) is 71.3 Å². The first-order valence-electron chi connectivity index (χ1n) is 13.2. The average molecular weight is 566 g/mol. The number of amides is 2. The van der Waals surface area contributed by atoms with Crippen LogP contribution in [0.2, 0.25) is 5.02 Å². The minimum atomic E-state index is -0.631. The molecule has 2 amide bonds. The van der Waals surface area contributed by atoms with Gasteiger partial charge in [-0.3, -0.25) is 9.59 Å². The molecular weight excluding hydrogens is 534 g/mol. The lowest BCUT2D eigenvalue weighted by atomic mass is 10.0. The number of carbonyl (C=O) groups is 2. The van der Waals surface area contributed by atoms with Gasteiger partial charge in [-0.05, 0) is 49.1 Å². The number of aromatic nitrogens is 2. The van der Waals surface area contributed by atoms with Crippen LogP contribution in [0.5, 0.6) is 5.75 Å². The number of aliphatic hydroxyl groups excluding tert-OH is 1. The van der Waals surface area contributed by atoms with E-state index in [1.807, 2.05) is 19.1 Å². The molecule has 5 rings (SSSR count). The highest BCUT2D eigenvalue weighted by molar-refractivity contribution is 6.33. The molecule has 0 spiro atoms. The second-order valence-electron chi connectivity index (χ2n) is 9.91. The molecule has 0 unspecified atom stereocenters. The van der Waals surface area contributed by atoms with Crippen LogP contribution in [-0.2, 0) is 9.53 Å². The van der Waals surface area contributed by atoms with Gasteiger partial charge in [-0.1, -0.05) is 35.9 Å². The van der Waals surface area contributed by atoms with Gasteiger partial charge in [0.2, 0.25) is 11.9 Å². The minimum absolute atomic E-state index is 0.155. The number of hydrogen-bond acceptors (Lipinski definition) is 8. The zero-order chi connectivity index (χ0) is 28.2. The van der Waals surface area contributed by atoms with E-state index >= 15 is 0 Å². The molecule has 0 saturated carbocycles. The van der Waals surface area contributed by atoms with Gasteiger partial charge >= 0.3 is 0 Å². The number of carbonyl (C=O) groups excluding carboxylic acids is 2. The monoisotopic (exact) mass is 565 g/mol. The van der Waals surface area contributed by atoms with Crippen LogP contribution in [0.15, 0.2) is 48.7 Å². The number of methoxy groups -OCH3 is 1. The van der Waals surface area contributed by atoms with E-state index in [-0.39, 0.29) is 37.0 Å². The number of hydrogen-bond donors (Lipinski definition) is 3. The fraction of sp³-hybridized carbons (Fsp3) is 0.379. The number of aliphatic hydroxyl groups is 1. The molecule has 0 aliphatic carbocycles. The molecule has 2 atom stereocenters. The molecule has 1 saturated heterocycles. The van der Waals surface area contributed by atoms with Crippen LogP contribution in [0.25, 0.3) is 11.3 Å². The van der Waals surface area contributed by atoms with Crippen molar-refractivity contribution in [2.45, 2.75) is 37.9 Å². The summed E-state index contributed by atoms with van der Waals surface area (Å²) in [6.07, 6.45) is 3.29. The second kappa shape index (κ2) is 12.2. The largest absolute Gasteiger partial charge is 0.497 e. The molecule has 3 aromatic rings. The minimum Gasteiger partial charge on any atom is -0.497 e. The van der Waals surface area contributed by atoms with Gasteiger partial charge in [0.25, 0.3) is 5.91 Å². The Morgan fingerprint density at radius 3 is 2.80 bits per heavy atom. The molecule has 0 bridgehead atoms. The third-order valence-corrected chi connectivity index (χ3v) is 7.64. The van der Waals surface area contributed by atoms with Crippen LogP contribution < -0.4 is 15.4 Å². The third kappa shape index (κ3) is 5.89. The molecule has 210 valence electrons. The third-order valence-electron chi connectivity index (χ3n) is 7.36. The van der Waals surface area contributed by atoms with Gasteiger partial charge in [-0.25, -0.2) is 9.97 Å². The van der Waals surface area contributed by atoms with Crippen LogP contribution in [0.4, 0.5) is 5.95 Å². The van der Waals surface area contributed by atoms with E-state index in [2.05, 4.69) is 20.6 Å². The summed E-state index contributed by atoms with van der Waals surface area (Å²) in [5.41, 5.74) is 3.23. The summed E-state index contributed by atoms with van der Waals surface area (Å²) in [7, 11) is 1.55. The van der Waals surface area contributed by atoms with Crippen molar-refractivity contribution in [2.24, 2.45) is 0 Å². The molecule has 3 N–H and O–H groups in total. The highest BCUT2D eigenvalue weighted by Gasteiger charge is 2.35. The van der Waals surface area contributed by atoms with Gasteiger partial charge in [0.1, 0.15) is 12.3 Å². The first-order valence-corrected chi connectivity index (χ1v) is 13.6. The van der Waals surface area contributed by atoms with Gasteiger partial charge in [0.05, 0.1) is 42.7 Å². The van der Waals surface area contributed by atoms with Gasteiger partial charge in [0, 0.05) is 30.4 Å². The number of ether oxygens (including phenoxy) is 2. The van der Waals surface area contributed by atoms with Crippen molar-refractivity contribution in [1.29, 1.82) is 0 Å². The number of nitrogens with zero attached hydrogens (tertiary/aromatic N) is 3. The molecule has 2 aliphatic rings. The highest BCUT2D eigenvalue weighted by atomic mass is 35.5. The van der Waals surface area contributed by atoms with Gasteiger partial charge in [-0.15, -0.1) is 0 Å². The Balaban J connectivity index is 1.30. The van der Waals surface area contributed by atoms with Crippen molar-refractivity contribution in [3.63, 3.8) is 0 Å². The fourth-order valence-electron chi connectivity index (χ4n) is 5.11. The summed E-state index contributed by atoms with van der Waals surface area (Å²) < 4.78 is 10.7. The first kappa shape index (κ1) is 27.8. The van der Waals surface area contributed by atoms with E-state index in [0.717, 1.165) is 18.4 Å². The standard InChI is InChI=1S/C29H32ClN5O5/c1-17-22-7-6-19(27-24(30)14-31-29(34-27)32-20-8-10-40-11-9-20)13-23(22)28(38)35(17)15-26(37)33-25(16-36)18-4-3-5-21(12-18)39-2/h3-7,12-14,17,20,25,36H,8-11,15-16H2,1-2H3,(H,33,37)(H,31,32,34)/t17-,25+/m0/s1. The summed E-state index contributed by atoms with van der Waals surface area (Å²) in [4.78, 5) is 36.9. The van der Waals surface area contributed by atoms with E-state index in [1.165, 1.54) is 4.90 Å². The topological polar surface area (TPSA) is 126 Å². The molecule has 0 radical (unpaired) electrons. The highest BCUT2D eigenvalue weighted by Crippen LogP contribution is 2.37. The number of fused-ring (bicyclic) bond motifs is 1. The maximum absolute atomic E-state index is 13.4. The molecule has 1 fully saturated rings. The normalized spacial score (nSPS) is 17.9. The smallest absolute Gasteiger partial charge is 0.255 e. The number of rotatable bonds is 9. The van der Waals surface area contributed by atoms with Gasteiger partial charge in [-0.2, -0.15) is 0 Å². The Hall–Kier alpha value is -3.73. The second-order valence-corrected chi connectivity index (χ2v) is 10.3. The average Bonchev–Trinajstić information content (AvgIpc) is 3.21. The maximum atomic E-state index is 13.4. The van der Waals surface area contributed by atoms with E-state index in [1.54, 1.807) is 43.6 Å². The van der Waals surface area contributed by atoms with Crippen molar-refractivity contribution in [1.82, 2.24) is 20.2 Å². The Kier molecular flexibility index (Phi) is 8.49. The fourth-order valence-corrected chi connectivity index (χ4v) is 5.31. The molecule has 10 nitrogen and oxygen atoms in total. The summed E-state index contributed by atoms with van der Waals surface area (Å²) in [6, 6.07) is 11.9. The van der Waals surface area contributed by atoms with Gasteiger partial charge < -0.3 is 30.1 Å². The van der Waals surface area contributed by atoms with Crippen molar-refractivity contribution in [3.05, 3.63) is 70.4 Å². The lowest BCUT2D eigenvalue weighted by Crippen LogP contribution is -2.41. The molecule has 2 aromatic carbocycles. The van der Waals surface area contributed by atoms with Crippen molar-refractivity contribution < 1.29 is 24.2 Å². The summed E-state index contributed by atoms with van der Waals surface area (Å²) in [5, 5.41) is 16.5. The van der Waals surface area contributed by atoms with E-state index in [4.69, 9.17) is 21.1 Å². The van der Waals surface area contributed by atoms with Crippen LogP contribution in [0.3, 0.4) is 0 Å². The van der Waals surface area contributed by atoms with Crippen LogP contribution in [0, 0.1) is 0 Å². The zero-order valence-corrected chi connectivity index (χ0v) is 23.1. The molecule has 3 heterocycles. The molecule has 1 aromatic heterocycles. The maximum Gasteiger partial charge on any atom is 0.255 e. The van der Waals surface area contributed by atoms with Crippen LogP contribution >= 0.6 is 11.6 Å². The SMILES string of the molecule is COc1cccc([C@@H](CO)NC(=O)CN2C(=O)c3cc(-c4nc(NC5CCOCC5)ncc4Cl)ccc3[C@@H]2C)c1. The lowest BCUT2D eigenvalue weighted by molar-refractivity contribution is -0.123. The Bertz CT molecular complexity index is 1400.